The number of carbonyl (C=O) groups is 3. The molecular weight excluding hydrogens is 613 g/mol. The van der Waals surface area contributed by atoms with Crippen LogP contribution in [-0.2, 0) is 30.0 Å². The van der Waals surface area contributed by atoms with Gasteiger partial charge in [0.1, 0.15) is 22.5 Å². The van der Waals surface area contributed by atoms with Crippen LogP contribution >= 0.6 is 0 Å². The van der Waals surface area contributed by atoms with E-state index in [0.29, 0.717) is 42.7 Å². The number of nitrogens with zero attached hydrogens (tertiary/aromatic N) is 1. The number of piperidine rings is 1. The van der Waals surface area contributed by atoms with E-state index in [-0.39, 0.29) is 36.1 Å². The quantitative estimate of drug-likeness (QED) is 0.278. The second kappa shape index (κ2) is 13.5. The summed E-state index contributed by atoms with van der Waals surface area (Å²) in [6.07, 6.45) is 3.45. The van der Waals surface area contributed by atoms with E-state index >= 15 is 0 Å². The predicted molar refractivity (Wildman–Crippen MR) is 183 cm³/mol. The minimum Gasteiger partial charge on any atom is -0.496 e. The fraction of sp³-hybridized carbons (Fsp3) is 0.750. The lowest BCUT2D eigenvalue weighted by atomic mass is 9.43. The highest BCUT2D eigenvalue weighted by atomic mass is 16.7. The first kappa shape index (κ1) is 36.5. The largest absolute Gasteiger partial charge is 0.496 e. The summed E-state index contributed by atoms with van der Waals surface area (Å²) in [7, 11) is 0.859. The molecule has 12 heteroatoms. The van der Waals surface area contributed by atoms with E-state index < -0.39 is 35.8 Å². The van der Waals surface area contributed by atoms with Crippen LogP contribution in [0.4, 0.5) is 4.79 Å². The second-order valence-electron chi connectivity index (χ2n) is 16.8. The number of hydrogen-bond donors (Lipinski definition) is 2. The Morgan fingerprint density at radius 1 is 1.02 bits per heavy atom. The van der Waals surface area contributed by atoms with Crippen molar-refractivity contribution in [3.8, 4) is 5.75 Å². The summed E-state index contributed by atoms with van der Waals surface area (Å²) in [5.74, 6) is 0.164. The van der Waals surface area contributed by atoms with Crippen molar-refractivity contribution in [3.05, 3.63) is 29.3 Å². The molecule has 2 aliphatic heterocycles. The molecule has 2 bridgehead atoms. The maximum absolute atomic E-state index is 13.6. The van der Waals surface area contributed by atoms with Crippen molar-refractivity contribution in [1.29, 1.82) is 0 Å². The average Bonchev–Trinajstić information content (AvgIpc) is 3.35. The summed E-state index contributed by atoms with van der Waals surface area (Å²) in [6.45, 7) is 19.1. The van der Waals surface area contributed by atoms with Gasteiger partial charge < -0.3 is 39.1 Å². The van der Waals surface area contributed by atoms with Crippen LogP contribution in [-0.4, -0.2) is 91.6 Å². The summed E-state index contributed by atoms with van der Waals surface area (Å²) >= 11 is 0. The van der Waals surface area contributed by atoms with E-state index in [9.17, 15) is 14.4 Å². The van der Waals surface area contributed by atoms with Gasteiger partial charge in [0.25, 0.3) is 0 Å². The molecule has 5 unspecified atom stereocenters. The molecule has 2 heterocycles. The fourth-order valence-corrected chi connectivity index (χ4v) is 8.09. The molecule has 2 amide bonds. The number of para-hydroxylation sites is 1. The second-order valence-corrected chi connectivity index (χ2v) is 16.8. The monoisotopic (exact) mass is 669 g/mol. The van der Waals surface area contributed by atoms with Gasteiger partial charge in [-0.1, -0.05) is 26.0 Å². The Morgan fingerprint density at radius 3 is 2.29 bits per heavy atom. The maximum atomic E-state index is 13.6. The van der Waals surface area contributed by atoms with Crippen LogP contribution in [0.2, 0.25) is 0 Å². The number of nitrogens with one attached hydrogen (secondary N) is 2. The highest BCUT2D eigenvalue weighted by Gasteiger charge is 2.68. The zero-order valence-electron chi connectivity index (χ0n) is 30.6. The third-order valence-electron chi connectivity index (χ3n) is 10.7. The van der Waals surface area contributed by atoms with Crippen molar-refractivity contribution in [1.82, 2.24) is 15.5 Å². The molecule has 1 aromatic carbocycles. The standard InChI is InChI=1S/C36H56BN3O8/c1-33(2,3)45-31(42)25-13-11-12-22(30(25)44-10)18-28(37-47-27-20-23-19-26(35(23,7)8)36(27,9)48-37)39-29(41)21-38-24-14-16-40(17-15-24)32(43)46-34(4,5)6/h11-13,23-24,26-28,38H,14-21H2,1-10H3,(H,39,41). The summed E-state index contributed by atoms with van der Waals surface area (Å²) < 4.78 is 30.4. The van der Waals surface area contributed by atoms with Crippen molar-refractivity contribution in [2.45, 2.75) is 129 Å². The fourth-order valence-electron chi connectivity index (χ4n) is 8.09. The van der Waals surface area contributed by atoms with Crippen molar-refractivity contribution in [2.75, 3.05) is 26.7 Å². The number of benzene rings is 1. The summed E-state index contributed by atoms with van der Waals surface area (Å²) in [5, 5.41) is 6.59. The van der Waals surface area contributed by atoms with E-state index in [2.05, 4.69) is 31.4 Å². The van der Waals surface area contributed by atoms with Crippen LogP contribution in [0.1, 0.15) is 104 Å². The number of rotatable bonds is 9. The first-order valence-corrected chi connectivity index (χ1v) is 17.5. The van der Waals surface area contributed by atoms with Gasteiger partial charge in [-0.3, -0.25) is 4.79 Å². The molecule has 48 heavy (non-hydrogen) atoms. The number of ether oxygens (including phenoxy) is 3. The molecule has 0 aromatic heterocycles. The minimum atomic E-state index is -0.675. The molecule has 5 fully saturated rings. The number of methoxy groups -OCH3 is 1. The molecule has 6 rings (SSSR count). The zero-order chi connectivity index (χ0) is 35.2. The van der Waals surface area contributed by atoms with Crippen LogP contribution in [0.3, 0.4) is 0 Å². The Morgan fingerprint density at radius 2 is 1.69 bits per heavy atom. The van der Waals surface area contributed by atoms with Gasteiger partial charge in [0.15, 0.2) is 0 Å². The maximum Gasteiger partial charge on any atom is 0.482 e. The molecule has 0 spiro atoms. The molecule has 2 N–H and O–H groups in total. The molecule has 1 aromatic rings. The van der Waals surface area contributed by atoms with E-state index in [1.54, 1.807) is 17.0 Å². The van der Waals surface area contributed by atoms with Crippen molar-refractivity contribution in [3.63, 3.8) is 0 Å². The zero-order valence-corrected chi connectivity index (χ0v) is 30.6. The Hall–Kier alpha value is -2.83. The van der Waals surface area contributed by atoms with Crippen LogP contribution in [0.15, 0.2) is 18.2 Å². The lowest BCUT2D eigenvalue weighted by Gasteiger charge is -2.64. The lowest BCUT2D eigenvalue weighted by molar-refractivity contribution is -0.199. The summed E-state index contributed by atoms with van der Waals surface area (Å²) in [5.41, 5.74) is -0.415. The normalized spacial score (nSPS) is 27.4. The number of amides is 2. The van der Waals surface area contributed by atoms with Crippen LogP contribution in [0.25, 0.3) is 0 Å². The molecule has 2 saturated heterocycles. The summed E-state index contributed by atoms with van der Waals surface area (Å²) in [6, 6.07) is 5.48. The first-order chi connectivity index (χ1) is 22.3. The van der Waals surface area contributed by atoms with Crippen LogP contribution in [0, 0.1) is 17.3 Å². The lowest BCUT2D eigenvalue weighted by Crippen LogP contribution is -2.65. The average molecular weight is 670 g/mol. The molecule has 0 radical (unpaired) electrons. The van der Waals surface area contributed by atoms with E-state index in [0.717, 1.165) is 31.2 Å². The Kier molecular flexibility index (Phi) is 10.2. The molecule has 3 aliphatic carbocycles. The number of likely N-dealkylation sites (tertiary alicyclic amines) is 1. The topological polar surface area (TPSA) is 125 Å². The van der Waals surface area contributed by atoms with E-state index in [1.807, 2.05) is 47.6 Å². The minimum absolute atomic E-state index is 0.0537. The highest BCUT2D eigenvalue weighted by molar-refractivity contribution is 6.48. The van der Waals surface area contributed by atoms with Gasteiger partial charge in [-0.2, -0.15) is 0 Å². The van der Waals surface area contributed by atoms with Crippen molar-refractivity contribution >= 4 is 25.1 Å². The van der Waals surface area contributed by atoms with Gasteiger partial charge in [0.2, 0.25) is 5.91 Å². The Labute approximate surface area is 286 Å². The molecule has 11 nitrogen and oxygen atoms in total. The van der Waals surface area contributed by atoms with Gasteiger partial charge in [-0.25, -0.2) is 9.59 Å². The molecule has 5 aliphatic rings. The van der Waals surface area contributed by atoms with Crippen molar-refractivity contribution < 1.29 is 37.9 Å². The SMILES string of the molecule is COc1c(CC(NC(=O)CNC2CCN(C(=O)OC(C)(C)C)CC2)B2OC3CC4CC(C4(C)C)C3(C)O2)cccc1C(=O)OC(C)(C)C. The number of esters is 1. The smallest absolute Gasteiger partial charge is 0.482 e. The van der Waals surface area contributed by atoms with Crippen molar-refractivity contribution in [2.24, 2.45) is 17.3 Å². The molecule has 266 valence electrons. The predicted octanol–water partition coefficient (Wildman–Crippen LogP) is 4.93. The van der Waals surface area contributed by atoms with Crippen LogP contribution in [0.5, 0.6) is 5.75 Å². The Bertz CT molecular complexity index is 1370. The molecule has 3 saturated carbocycles. The van der Waals surface area contributed by atoms with Gasteiger partial charge in [-0.05, 0) is 109 Å². The molecule has 5 atom stereocenters. The first-order valence-electron chi connectivity index (χ1n) is 17.5. The van der Waals surface area contributed by atoms with Gasteiger partial charge >= 0.3 is 19.2 Å². The van der Waals surface area contributed by atoms with Gasteiger partial charge in [-0.15, -0.1) is 0 Å². The summed E-state index contributed by atoms with van der Waals surface area (Å²) in [4.78, 5) is 40.9. The number of carbonyl (C=O) groups excluding carboxylic acids is 3. The Balaban J connectivity index is 1.28. The van der Waals surface area contributed by atoms with E-state index in [4.69, 9.17) is 23.5 Å². The highest BCUT2D eigenvalue weighted by Crippen LogP contribution is 2.65. The third kappa shape index (κ3) is 7.81. The third-order valence-corrected chi connectivity index (χ3v) is 10.7. The van der Waals surface area contributed by atoms with E-state index in [1.165, 1.54) is 7.11 Å². The van der Waals surface area contributed by atoms with Gasteiger partial charge in [0, 0.05) is 19.1 Å². The van der Waals surface area contributed by atoms with Crippen LogP contribution < -0.4 is 15.4 Å². The molecular formula is C36H56BN3O8. The number of hydrogen-bond acceptors (Lipinski definition) is 9. The van der Waals surface area contributed by atoms with Gasteiger partial charge in [0.05, 0.1) is 31.3 Å².